The lowest BCUT2D eigenvalue weighted by atomic mass is 10.0. The SMILES string of the molecule is Cn1cc2c(n1)COc1c-2cc(C#N)c(I)c1F. The van der Waals surface area contributed by atoms with Crippen molar-refractivity contribution in [2.24, 2.45) is 7.05 Å². The molecule has 6 heteroatoms. The molecule has 1 aromatic heterocycles. The molecule has 0 amide bonds. The van der Waals surface area contributed by atoms with Crippen LogP contribution < -0.4 is 4.74 Å². The van der Waals surface area contributed by atoms with Gasteiger partial charge >= 0.3 is 0 Å². The van der Waals surface area contributed by atoms with Crippen LogP contribution in [-0.4, -0.2) is 9.78 Å². The van der Waals surface area contributed by atoms with E-state index in [4.69, 9.17) is 10.00 Å². The predicted octanol–water partition coefficient (Wildman–Crippen LogP) is 2.59. The average Bonchev–Trinajstić information content (AvgIpc) is 2.74. The van der Waals surface area contributed by atoms with Gasteiger partial charge in [-0.05, 0) is 28.7 Å². The first-order valence-corrected chi connectivity index (χ1v) is 6.27. The summed E-state index contributed by atoms with van der Waals surface area (Å²) in [5.41, 5.74) is 2.49. The van der Waals surface area contributed by atoms with Crippen molar-refractivity contribution in [3.05, 3.63) is 32.9 Å². The number of benzene rings is 1. The van der Waals surface area contributed by atoms with E-state index in [1.165, 1.54) is 0 Å². The fourth-order valence-electron chi connectivity index (χ4n) is 2.04. The minimum atomic E-state index is -0.473. The van der Waals surface area contributed by atoms with Crippen LogP contribution in [0, 0.1) is 20.7 Å². The zero-order valence-electron chi connectivity index (χ0n) is 9.37. The second-order valence-electron chi connectivity index (χ2n) is 3.99. The normalized spacial score (nSPS) is 12.3. The highest BCUT2D eigenvalue weighted by molar-refractivity contribution is 14.1. The minimum absolute atomic E-state index is 0.207. The Kier molecular flexibility index (Phi) is 2.52. The van der Waals surface area contributed by atoms with Gasteiger partial charge in [-0.25, -0.2) is 4.39 Å². The maximum atomic E-state index is 14.1. The van der Waals surface area contributed by atoms with Crippen molar-refractivity contribution in [3.63, 3.8) is 0 Å². The van der Waals surface area contributed by atoms with Gasteiger partial charge in [0.1, 0.15) is 18.4 Å². The zero-order chi connectivity index (χ0) is 12.9. The Morgan fingerprint density at radius 2 is 2.33 bits per heavy atom. The first kappa shape index (κ1) is 11.5. The number of hydrogen-bond acceptors (Lipinski definition) is 3. The smallest absolute Gasteiger partial charge is 0.180 e. The summed E-state index contributed by atoms with van der Waals surface area (Å²) in [4.78, 5) is 0. The number of ether oxygens (including phenoxy) is 1. The highest BCUT2D eigenvalue weighted by Gasteiger charge is 2.26. The quantitative estimate of drug-likeness (QED) is 0.683. The molecule has 0 fully saturated rings. The molecule has 0 saturated carbocycles. The van der Waals surface area contributed by atoms with Gasteiger partial charge < -0.3 is 4.74 Å². The highest BCUT2D eigenvalue weighted by Crippen LogP contribution is 2.41. The van der Waals surface area contributed by atoms with Crippen LogP contribution >= 0.6 is 22.6 Å². The number of halogens is 2. The van der Waals surface area contributed by atoms with Gasteiger partial charge in [0.25, 0.3) is 0 Å². The lowest BCUT2D eigenvalue weighted by Gasteiger charge is -2.18. The minimum Gasteiger partial charge on any atom is -0.483 e. The molecule has 3 rings (SSSR count). The molecule has 0 spiro atoms. The second kappa shape index (κ2) is 3.95. The van der Waals surface area contributed by atoms with Crippen molar-refractivity contribution in [3.8, 4) is 22.9 Å². The van der Waals surface area contributed by atoms with Crippen LogP contribution in [0.5, 0.6) is 5.75 Å². The molecular formula is C12H7FIN3O. The predicted molar refractivity (Wildman–Crippen MR) is 70.4 cm³/mol. The molecule has 0 saturated heterocycles. The Balaban J connectivity index is 2.34. The van der Waals surface area contributed by atoms with Crippen molar-refractivity contribution in [1.82, 2.24) is 9.78 Å². The van der Waals surface area contributed by atoms with Crippen molar-refractivity contribution in [2.75, 3.05) is 0 Å². The summed E-state index contributed by atoms with van der Waals surface area (Å²) >= 11 is 1.82. The van der Waals surface area contributed by atoms with Gasteiger partial charge in [-0.15, -0.1) is 0 Å². The Labute approximate surface area is 116 Å². The molecule has 18 heavy (non-hydrogen) atoms. The van der Waals surface area contributed by atoms with Crippen molar-refractivity contribution in [2.45, 2.75) is 6.61 Å². The summed E-state index contributed by atoms with van der Waals surface area (Å²) in [5, 5.41) is 13.3. The van der Waals surface area contributed by atoms with Gasteiger partial charge in [-0.2, -0.15) is 10.4 Å². The first-order chi connectivity index (χ1) is 8.61. The Morgan fingerprint density at radius 3 is 3.06 bits per heavy atom. The molecule has 0 bridgehead atoms. The van der Waals surface area contributed by atoms with Crippen molar-refractivity contribution in [1.29, 1.82) is 5.26 Å². The second-order valence-corrected chi connectivity index (χ2v) is 5.07. The molecule has 1 aliphatic heterocycles. The summed E-state index contributed by atoms with van der Waals surface area (Å²) in [5.74, 6) is -0.266. The molecule has 90 valence electrons. The molecule has 4 nitrogen and oxygen atoms in total. The fraction of sp³-hybridized carbons (Fsp3) is 0.167. The van der Waals surface area contributed by atoms with Crippen LogP contribution in [0.2, 0.25) is 0 Å². The van der Waals surface area contributed by atoms with E-state index < -0.39 is 5.82 Å². The molecule has 2 heterocycles. The number of aromatic nitrogens is 2. The molecule has 1 aromatic carbocycles. The number of fused-ring (bicyclic) bond motifs is 3. The molecule has 0 unspecified atom stereocenters. The summed E-state index contributed by atoms with van der Waals surface area (Å²) in [6, 6.07) is 3.65. The largest absolute Gasteiger partial charge is 0.483 e. The van der Waals surface area contributed by atoms with Crippen LogP contribution in [0.3, 0.4) is 0 Å². The Hall–Kier alpha value is -1.62. The molecule has 2 aromatic rings. The van der Waals surface area contributed by atoms with E-state index in [2.05, 4.69) is 5.10 Å². The van der Waals surface area contributed by atoms with Crippen LogP contribution in [0.1, 0.15) is 11.3 Å². The first-order valence-electron chi connectivity index (χ1n) is 5.19. The van der Waals surface area contributed by atoms with E-state index in [9.17, 15) is 4.39 Å². The Bertz CT molecular complexity index is 702. The third-order valence-electron chi connectivity index (χ3n) is 2.83. The number of nitriles is 1. The summed E-state index contributed by atoms with van der Waals surface area (Å²) < 4.78 is 21.5. The van der Waals surface area contributed by atoms with Crippen LogP contribution in [0.4, 0.5) is 4.39 Å². The lowest BCUT2D eigenvalue weighted by Crippen LogP contribution is -2.08. The number of hydrogen-bond donors (Lipinski definition) is 0. The third kappa shape index (κ3) is 1.50. The molecule has 0 aliphatic carbocycles. The van der Waals surface area contributed by atoms with E-state index in [-0.39, 0.29) is 12.4 Å². The zero-order valence-corrected chi connectivity index (χ0v) is 11.5. The average molecular weight is 355 g/mol. The molecule has 1 aliphatic rings. The topological polar surface area (TPSA) is 50.8 Å². The van der Waals surface area contributed by atoms with Crippen molar-refractivity contribution >= 4 is 22.6 Å². The van der Waals surface area contributed by atoms with Crippen LogP contribution in [0.15, 0.2) is 12.3 Å². The highest BCUT2D eigenvalue weighted by atomic mass is 127. The summed E-state index contributed by atoms with van der Waals surface area (Å²) in [6.45, 7) is 0.252. The van der Waals surface area contributed by atoms with Gasteiger partial charge in [0.15, 0.2) is 11.6 Å². The standard InChI is InChI=1S/C12H7FIN3O/c1-17-4-8-7-2-6(3-15)11(14)10(13)12(7)18-5-9(8)16-17/h2,4H,5H2,1H3. The Morgan fingerprint density at radius 1 is 1.56 bits per heavy atom. The number of nitrogens with zero attached hydrogens (tertiary/aromatic N) is 3. The van der Waals surface area contributed by atoms with E-state index in [0.717, 1.165) is 11.3 Å². The molecule has 0 radical (unpaired) electrons. The van der Waals surface area contributed by atoms with E-state index >= 15 is 0 Å². The summed E-state index contributed by atoms with van der Waals surface area (Å²) in [7, 11) is 1.80. The number of rotatable bonds is 0. The third-order valence-corrected chi connectivity index (χ3v) is 3.89. The van der Waals surface area contributed by atoms with Gasteiger partial charge in [-0.3, -0.25) is 4.68 Å². The molecule has 0 atom stereocenters. The lowest BCUT2D eigenvalue weighted by molar-refractivity contribution is 0.280. The monoisotopic (exact) mass is 355 g/mol. The maximum absolute atomic E-state index is 14.1. The van der Waals surface area contributed by atoms with Crippen molar-refractivity contribution < 1.29 is 9.13 Å². The van der Waals surface area contributed by atoms with E-state index in [0.29, 0.717) is 14.7 Å². The summed E-state index contributed by atoms with van der Waals surface area (Å²) in [6.07, 6.45) is 1.81. The van der Waals surface area contributed by atoms with E-state index in [1.807, 2.05) is 34.9 Å². The van der Waals surface area contributed by atoms with Gasteiger partial charge in [0.05, 0.1) is 9.13 Å². The van der Waals surface area contributed by atoms with Crippen LogP contribution in [0.25, 0.3) is 11.1 Å². The molecular weight excluding hydrogens is 348 g/mol. The molecule has 0 N–H and O–H groups in total. The maximum Gasteiger partial charge on any atom is 0.180 e. The van der Waals surface area contributed by atoms with Gasteiger partial charge in [-0.1, -0.05) is 0 Å². The van der Waals surface area contributed by atoms with E-state index in [1.54, 1.807) is 17.8 Å². The van der Waals surface area contributed by atoms with Crippen LogP contribution in [-0.2, 0) is 13.7 Å². The van der Waals surface area contributed by atoms with Gasteiger partial charge in [0, 0.05) is 24.4 Å². The fourth-order valence-corrected chi connectivity index (χ4v) is 2.56. The number of aryl methyl sites for hydroxylation is 1. The van der Waals surface area contributed by atoms with Gasteiger partial charge in [0.2, 0.25) is 0 Å².